The summed E-state index contributed by atoms with van der Waals surface area (Å²) in [5, 5.41) is 7.06. The molecule has 0 bridgehead atoms. The first-order valence-electron chi connectivity index (χ1n) is 10.7. The lowest BCUT2D eigenvalue weighted by Crippen LogP contribution is -2.59. The van der Waals surface area contributed by atoms with Gasteiger partial charge in [0.25, 0.3) is 6.43 Å². The number of aromatic nitrogens is 6. The SMILES string of the molecule is CC(=O)N[C@]1(C)C[C@H](Nc2ncc3c(-c4ccc5nc(C)n(CC(F)F)c5n4)c[nH]c3n2)C1. The van der Waals surface area contributed by atoms with Gasteiger partial charge in [0.15, 0.2) is 5.65 Å². The van der Waals surface area contributed by atoms with Crippen molar-refractivity contribution in [3.63, 3.8) is 0 Å². The van der Waals surface area contributed by atoms with Gasteiger partial charge in [-0.15, -0.1) is 0 Å². The Morgan fingerprint density at radius 3 is 2.82 bits per heavy atom. The molecule has 4 aromatic rings. The summed E-state index contributed by atoms with van der Waals surface area (Å²) in [6.07, 6.45) is 2.59. The van der Waals surface area contributed by atoms with Gasteiger partial charge in [0.2, 0.25) is 11.9 Å². The van der Waals surface area contributed by atoms with Crippen molar-refractivity contribution in [3.05, 3.63) is 30.4 Å². The standard InChI is InChI=1S/C22H24F2N8O/c1-11-27-17-5-4-16(29-20(17)32(11)10-18(23)24)14-8-25-19-15(14)9-26-21(30-19)28-13-6-22(3,7-13)31-12(2)33/h4-5,8-9,13,18H,6-7,10H2,1-3H3,(H,31,33)(H2,25,26,28,30)/t13-,22+. The molecule has 0 spiro atoms. The van der Waals surface area contributed by atoms with Crippen molar-refractivity contribution in [1.82, 2.24) is 34.8 Å². The van der Waals surface area contributed by atoms with Gasteiger partial charge in [-0.2, -0.15) is 4.98 Å². The second kappa shape index (κ2) is 7.75. The summed E-state index contributed by atoms with van der Waals surface area (Å²) < 4.78 is 27.5. The van der Waals surface area contributed by atoms with Crippen LogP contribution >= 0.6 is 0 Å². The van der Waals surface area contributed by atoms with E-state index in [0.29, 0.717) is 34.3 Å². The zero-order chi connectivity index (χ0) is 23.3. The molecule has 172 valence electrons. The van der Waals surface area contributed by atoms with Gasteiger partial charge in [-0.1, -0.05) is 0 Å². The van der Waals surface area contributed by atoms with Crippen molar-refractivity contribution in [2.75, 3.05) is 5.32 Å². The summed E-state index contributed by atoms with van der Waals surface area (Å²) in [4.78, 5) is 32.4. The topological polar surface area (TPSA) is 113 Å². The van der Waals surface area contributed by atoms with Gasteiger partial charge in [-0.3, -0.25) is 4.79 Å². The van der Waals surface area contributed by atoms with Gasteiger partial charge >= 0.3 is 0 Å². The molecule has 1 saturated carbocycles. The number of nitrogens with zero attached hydrogens (tertiary/aromatic N) is 5. The average Bonchev–Trinajstić information content (AvgIpc) is 3.26. The Labute approximate surface area is 188 Å². The second-order valence-electron chi connectivity index (χ2n) is 8.85. The minimum Gasteiger partial charge on any atom is -0.351 e. The molecular weight excluding hydrogens is 430 g/mol. The van der Waals surface area contributed by atoms with E-state index in [1.165, 1.54) is 11.5 Å². The van der Waals surface area contributed by atoms with Crippen LogP contribution in [0.25, 0.3) is 33.5 Å². The number of carbonyl (C=O) groups is 1. The third kappa shape index (κ3) is 3.98. The third-order valence-electron chi connectivity index (χ3n) is 6.02. The normalized spacial score (nSPS) is 20.4. The maximum Gasteiger partial charge on any atom is 0.256 e. The molecule has 1 fully saturated rings. The highest BCUT2D eigenvalue weighted by molar-refractivity contribution is 5.93. The van der Waals surface area contributed by atoms with E-state index in [0.717, 1.165) is 23.8 Å². The lowest BCUT2D eigenvalue weighted by atomic mass is 9.74. The Balaban J connectivity index is 1.39. The first kappa shape index (κ1) is 21.2. The lowest BCUT2D eigenvalue weighted by molar-refractivity contribution is -0.121. The van der Waals surface area contributed by atoms with Crippen LogP contribution in [0.15, 0.2) is 24.5 Å². The van der Waals surface area contributed by atoms with E-state index in [2.05, 4.69) is 35.6 Å². The van der Waals surface area contributed by atoms with E-state index in [4.69, 9.17) is 0 Å². The number of amides is 1. The maximum atomic E-state index is 13.0. The lowest BCUT2D eigenvalue weighted by Gasteiger charge is -2.45. The van der Waals surface area contributed by atoms with Crippen LogP contribution in [0.4, 0.5) is 14.7 Å². The van der Waals surface area contributed by atoms with Crippen LogP contribution in [0.1, 0.15) is 32.5 Å². The smallest absolute Gasteiger partial charge is 0.256 e. The quantitative estimate of drug-likeness (QED) is 0.412. The Morgan fingerprint density at radius 1 is 1.30 bits per heavy atom. The Morgan fingerprint density at radius 2 is 2.09 bits per heavy atom. The van der Waals surface area contributed by atoms with Crippen LogP contribution in [0.5, 0.6) is 0 Å². The number of nitrogens with one attached hydrogen (secondary N) is 3. The van der Waals surface area contributed by atoms with Crippen molar-refractivity contribution in [3.8, 4) is 11.3 Å². The molecular formula is C22H24F2N8O. The number of halogens is 2. The van der Waals surface area contributed by atoms with Crippen LogP contribution in [0.3, 0.4) is 0 Å². The monoisotopic (exact) mass is 454 g/mol. The van der Waals surface area contributed by atoms with E-state index >= 15 is 0 Å². The summed E-state index contributed by atoms with van der Waals surface area (Å²) in [7, 11) is 0. The number of anilines is 1. The molecule has 1 aliphatic carbocycles. The molecule has 4 aromatic heterocycles. The summed E-state index contributed by atoms with van der Waals surface area (Å²) in [6, 6.07) is 3.77. The highest BCUT2D eigenvalue weighted by atomic mass is 19.3. The van der Waals surface area contributed by atoms with E-state index in [1.54, 1.807) is 25.4 Å². The Kier molecular flexibility index (Phi) is 4.98. The van der Waals surface area contributed by atoms with Crippen molar-refractivity contribution in [2.45, 2.75) is 58.2 Å². The summed E-state index contributed by atoms with van der Waals surface area (Å²) >= 11 is 0. The fourth-order valence-corrected chi connectivity index (χ4v) is 4.65. The van der Waals surface area contributed by atoms with Crippen LogP contribution in [-0.2, 0) is 11.3 Å². The number of aryl methyl sites for hydroxylation is 1. The number of H-pyrrole nitrogens is 1. The molecule has 1 aliphatic rings. The van der Waals surface area contributed by atoms with E-state index in [-0.39, 0.29) is 17.5 Å². The van der Waals surface area contributed by atoms with Gasteiger partial charge in [-0.25, -0.2) is 23.7 Å². The number of fused-ring (bicyclic) bond motifs is 2. The molecule has 11 heteroatoms. The molecule has 3 N–H and O–H groups in total. The molecule has 0 aromatic carbocycles. The van der Waals surface area contributed by atoms with Gasteiger partial charge < -0.3 is 20.2 Å². The zero-order valence-electron chi connectivity index (χ0n) is 18.5. The van der Waals surface area contributed by atoms with Crippen molar-refractivity contribution in [2.24, 2.45) is 0 Å². The first-order chi connectivity index (χ1) is 15.7. The number of alkyl halides is 2. The Bertz CT molecular complexity index is 1360. The van der Waals surface area contributed by atoms with Crippen LogP contribution in [0.2, 0.25) is 0 Å². The number of hydrogen-bond acceptors (Lipinski definition) is 6. The predicted octanol–water partition coefficient (Wildman–Crippen LogP) is 3.41. The number of rotatable bonds is 6. The molecule has 0 aliphatic heterocycles. The van der Waals surface area contributed by atoms with Crippen molar-refractivity contribution in [1.29, 1.82) is 0 Å². The first-order valence-corrected chi connectivity index (χ1v) is 10.7. The largest absolute Gasteiger partial charge is 0.351 e. The molecule has 4 heterocycles. The molecule has 0 radical (unpaired) electrons. The highest BCUT2D eigenvalue weighted by Crippen LogP contribution is 2.34. The molecule has 0 unspecified atom stereocenters. The molecule has 9 nitrogen and oxygen atoms in total. The van der Waals surface area contributed by atoms with E-state index < -0.39 is 13.0 Å². The number of hydrogen-bond donors (Lipinski definition) is 3. The van der Waals surface area contributed by atoms with Gasteiger partial charge in [0.05, 0.1) is 12.2 Å². The van der Waals surface area contributed by atoms with Gasteiger partial charge in [0, 0.05) is 41.8 Å². The van der Waals surface area contributed by atoms with Gasteiger partial charge in [-0.05, 0) is 38.8 Å². The number of carbonyl (C=O) groups excluding carboxylic acids is 1. The summed E-state index contributed by atoms with van der Waals surface area (Å²) in [5.74, 6) is 0.963. The maximum absolute atomic E-state index is 13.0. The molecule has 0 atom stereocenters. The van der Waals surface area contributed by atoms with Crippen LogP contribution in [-0.4, -0.2) is 53.4 Å². The minimum absolute atomic E-state index is 0.0354. The second-order valence-corrected chi connectivity index (χ2v) is 8.85. The summed E-state index contributed by atoms with van der Waals surface area (Å²) in [5.41, 5.74) is 2.84. The summed E-state index contributed by atoms with van der Waals surface area (Å²) in [6.45, 7) is 4.78. The number of imidazole rings is 1. The molecule has 0 saturated heterocycles. The minimum atomic E-state index is -2.49. The number of pyridine rings is 1. The van der Waals surface area contributed by atoms with Crippen molar-refractivity contribution >= 4 is 34.1 Å². The predicted molar refractivity (Wildman–Crippen MR) is 120 cm³/mol. The fourth-order valence-electron chi connectivity index (χ4n) is 4.65. The fraction of sp³-hybridized carbons (Fsp3) is 0.409. The van der Waals surface area contributed by atoms with Crippen molar-refractivity contribution < 1.29 is 13.6 Å². The Hall–Kier alpha value is -3.63. The van der Waals surface area contributed by atoms with Gasteiger partial charge in [0.1, 0.15) is 17.0 Å². The molecule has 33 heavy (non-hydrogen) atoms. The molecule has 1 amide bonds. The number of aromatic amines is 1. The molecule has 5 rings (SSSR count). The van der Waals surface area contributed by atoms with Crippen LogP contribution in [0, 0.1) is 6.92 Å². The van der Waals surface area contributed by atoms with E-state index in [1.807, 2.05) is 13.0 Å². The van der Waals surface area contributed by atoms with E-state index in [9.17, 15) is 13.6 Å². The average molecular weight is 454 g/mol. The van der Waals surface area contributed by atoms with Crippen LogP contribution < -0.4 is 10.6 Å². The zero-order valence-corrected chi connectivity index (χ0v) is 18.5. The highest BCUT2D eigenvalue weighted by Gasteiger charge is 2.41. The third-order valence-corrected chi connectivity index (χ3v) is 6.02.